The van der Waals surface area contributed by atoms with Crippen LogP contribution in [-0.2, 0) is 19.6 Å². The number of carbonyl (C=O) groups is 2. The van der Waals surface area contributed by atoms with E-state index in [1.807, 2.05) is 0 Å². The maximum Gasteiger partial charge on any atom is 0.246 e. The molecule has 0 unspecified atom stereocenters. The molecule has 1 saturated heterocycles. The zero-order valence-corrected chi connectivity index (χ0v) is 16.4. The third-order valence-electron chi connectivity index (χ3n) is 5.28. The Bertz CT molecular complexity index is 797. The fourth-order valence-electron chi connectivity index (χ4n) is 3.65. The summed E-state index contributed by atoms with van der Waals surface area (Å²) >= 11 is 0. The van der Waals surface area contributed by atoms with E-state index in [4.69, 9.17) is 0 Å². The fraction of sp³-hybridized carbons (Fsp3) is 0.579. The van der Waals surface area contributed by atoms with Crippen LogP contribution in [0.4, 0.5) is 5.69 Å². The highest BCUT2D eigenvalue weighted by atomic mass is 32.2. The Labute approximate surface area is 160 Å². The Morgan fingerprint density at radius 1 is 1.11 bits per heavy atom. The van der Waals surface area contributed by atoms with Crippen molar-refractivity contribution in [1.29, 1.82) is 0 Å². The van der Waals surface area contributed by atoms with Crippen molar-refractivity contribution in [2.24, 2.45) is 5.92 Å². The molecule has 1 aromatic carbocycles. The first-order valence-corrected chi connectivity index (χ1v) is 11.0. The summed E-state index contributed by atoms with van der Waals surface area (Å²) in [6, 6.07) is 5.58. The predicted molar refractivity (Wildman–Crippen MR) is 103 cm³/mol. The van der Waals surface area contributed by atoms with Gasteiger partial charge in [-0.2, -0.15) is 4.31 Å². The molecule has 0 radical (unpaired) electrons. The normalized spacial score (nSPS) is 19.7. The molecule has 1 aromatic rings. The molecular formula is C19H27N3O4S. The molecule has 0 spiro atoms. The second kappa shape index (κ2) is 8.39. The van der Waals surface area contributed by atoms with Crippen molar-refractivity contribution in [2.75, 3.05) is 18.4 Å². The molecule has 0 bridgehead atoms. The van der Waals surface area contributed by atoms with Crippen LogP contribution in [0.3, 0.4) is 0 Å². The average Bonchev–Trinajstić information content (AvgIpc) is 3.35. The van der Waals surface area contributed by atoms with Gasteiger partial charge in [0, 0.05) is 24.7 Å². The SMILES string of the molecule is C[C@@H](NC(=O)C1CCCC1)C(=O)Nc1cccc(S(=O)(=O)N2CCCC2)c1. The molecule has 7 nitrogen and oxygen atoms in total. The van der Waals surface area contributed by atoms with Crippen LogP contribution in [0.1, 0.15) is 45.4 Å². The lowest BCUT2D eigenvalue weighted by atomic mass is 10.1. The minimum atomic E-state index is -3.54. The van der Waals surface area contributed by atoms with Crippen LogP contribution in [0, 0.1) is 5.92 Å². The van der Waals surface area contributed by atoms with E-state index in [-0.39, 0.29) is 22.6 Å². The molecule has 1 aliphatic carbocycles. The Morgan fingerprint density at radius 2 is 1.78 bits per heavy atom. The van der Waals surface area contributed by atoms with Crippen molar-refractivity contribution in [1.82, 2.24) is 9.62 Å². The summed E-state index contributed by atoms with van der Waals surface area (Å²) in [5.41, 5.74) is 0.405. The molecule has 2 fully saturated rings. The number of carbonyl (C=O) groups excluding carboxylic acids is 2. The molecule has 0 aromatic heterocycles. The minimum absolute atomic E-state index is 0.00539. The van der Waals surface area contributed by atoms with Crippen LogP contribution in [-0.4, -0.2) is 43.7 Å². The summed E-state index contributed by atoms with van der Waals surface area (Å²) in [5.74, 6) is -0.452. The number of nitrogens with one attached hydrogen (secondary N) is 2. The third-order valence-corrected chi connectivity index (χ3v) is 7.18. The molecule has 27 heavy (non-hydrogen) atoms. The summed E-state index contributed by atoms with van der Waals surface area (Å²) in [4.78, 5) is 24.7. The van der Waals surface area contributed by atoms with Gasteiger partial charge in [0.2, 0.25) is 21.8 Å². The van der Waals surface area contributed by atoms with Gasteiger partial charge in [-0.1, -0.05) is 18.9 Å². The second-order valence-electron chi connectivity index (χ2n) is 7.34. The molecule has 2 amide bonds. The third kappa shape index (κ3) is 4.68. The molecule has 148 valence electrons. The molecule has 1 saturated carbocycles. The van der Waals surface area contributed by atoms with E-state index in [0.29, 0.717) is 18.8 Å². The standard InChI is InChI=1S/C19H27N3O4S/c1-14(20-19(24)15-7-2-3-8-15)18(23)21-16-9-6-10-17(13-16)27(25,26)22-11-4-5-12-22/h6,9-10,13-15H,2-5,7-8,11-12H2,1H3,(H,20,24)(H,21,23)/t14-/m1/s1. The zero-order chi connectivity index (χ0) is 19.4. The first-order valence-electron chi connectivity index (χ1n) is 9.59. The van der Waals surface area contributed by atoms with Crippen LogP contribution in [0.25, 0.3) is 0 Å². The Balaban J connectivity index is 1.63. The van der Waals surface area contributed by atoms with Crippen molar-refractivity contribution in [3.8, 4) is 0 Å². The number of nitrogens with zero attached hydrogens (tertiary/aromatic N) is 1. The van der Waals surface area contributed by atoms with Crippen molar-refractivity contribution in [3.63, 3.8) is 0 Å². The molecule has 8 heteroatoms. The molecular weight excluding hydrogens is 366 g/mol. The smallest absolute Gasteiger partial charge is 0.246 e. The van der Waals surface area contributed by atoms with Gasteiger partial charge in [-0.3, -0.25) is 9.59 Å². The maximum absolute atomic E-state index is 12.7. The first-order chi connectivity index (χ1) is 12.9. The number of amides is 2. The number of hydrogen-bond donors (Lipinski definition) is 2. The first kappa shape index (κ1) is 19.8. The minimum Gasteiger partial charge on any atom is -0.344 e. The molecule has 3 rings (SSSR count). The van der Waals surface area contributed by atoms with E-state index >= 15 is 0 Å². The lowest BCUT2D eigenvalue weighted by Crippen LogP contribution is -2.43. The molecule has 1 heterocycles. The van der Waals surface area contributed by atoms with E-state index in [0.717, 1.165) is 38.5 Å². The molecule has 1 aliphatic heterocycles. The largest absolute Gasteiger partial charge is 0.344 e. The number of rotatable bonds is 6. The van der Waals surface area contributed by atoms with Gasteiger partial charge >= 0.3 is 0 Å². The van der Waals surface area contributed by atoms with Gasteiger partial charge in [0.15, 0.2) is 0 Å². The quantitative estimate of drug-likeness (QED) is 0.774. The van der Waals surface area contributed by atoms with Gasteiger partial charge < -0.3 is 10.6 Å². The van der Waals surface area contributed by atoms with E-state index < -0.39 is 16.1 Å². The van der Waals surface area contributed by atoms with Crippen LogP contribution in [0.15, 0.2) is 29.2 Å². The number of benzene rings is 1. The monoisotopic (exact) mass is 393 g/mol. The molecule has 1 atom stereocenters. The van der Waals surface area contributed by atoms with E-state index in [2.05, 4.69) is 10.6 Å². The van der Waals surface area contributed by atoms with Crippen molar-refractivity contribution >= 4 is 27.5 Å². The lowest BCUT2D eigenvalue weighted by molar-refractivity contribution is -0.128. The summed E-state index contributed by atoms with van der Waals surface area (Å²) in [7, 11) is -3.54. The van der Waals surface area contributed by atoms with Crippen molar-refractivity contribution < 1.29 is 18.0 Å². The second-order valence-corrected chi connectivity index (χ2v) is 9.28. The summed E-state index contributed by atoms with van der Waals surface area (Å²) in [6.07, 6.45) is 5.59. The van der Waals surface area contributed by atoms with E-state index in [9.17, 15) is 18.0 Å². The van der Waals surface area contributed by atoms with E-state index in [1.54, 1.807) is 19.1 Å². The van der Waals surface area contributed by atoms with Crippen molar-refractivity contribution in [2.45, 2.75) is 56.4 Å². The van der Waals surface area contributed by atoms with Crippen LogP contribution in [0.2, 0.25) is 0 Å². The van der Waals surface area contributed by atoms with Gasteiger partial charge in [0.05, 0.1) is 4.90 Å². The Hall–Kier alpha value is -1.93. The highest BCUT2D eigenvalue weighted by Crippen LogP contribution is 2.25. The summed E-state index contributed by atoms with van der Waals surface area (Å²) < 4.78 is 26.8. The number of sulfonamides is 1. The predicted octanol–water partition coefficient (Wildman–Crippen LogP) is 2.10. The maximum atomic E-state index is 12.7. The molecule has 2 N–H and O–H groups in total. The topological polar surface area (TPSA) is 95.6 Å². The zero-order valence-electron chi connectivity index (χ0n) is 15.6. The van der Waals surface area contributed by atoms with Crippen LogP contribution < -0.4 is 10.6 Å². The van der Waals surface area contributed by atoms with Gasteiger partial charge in [0.25, 0.3) is 0 Å². The molecule has 2 aliphatic rings. The highest BCUT2D eigenvalue weighted by molar-refractivity contribution is 7.89. The average molecular weight is 394 g/mol. The van der Waals surface area contributed by atoms with Gasteiger partial charge in [-0.15, -0.1) is 0 Å². The Kier molecular flexibility index (Phi) is 6.16. The summed E-state index contributed by atoms with van der Waals surface area (Å²) in [5, 5.41) is 5.46. The van der Waals surface area contributed by atoms with Gasteiger partial charge in [-0.05, 0) is 50.8 Å². The number of anilines is 1. The highest BCUT2D eigenvalue weighted by Gasteiger charge is 2.28. The Morgan fingerprint density at radius 3 is 2.44 bits per heavy atom. The lowest BCUT2D eigenvalue weighted by Gasteiger charge is -2.18. The van der Waals surface area contributed by atoms with Gasteiger partial charge in [-0.25, -0.2) is 8.42 Å². The summed E-state index contributed by atoms with van der Waals surface area (Å²) in [6.45, 7) is 2.69. The van der Waals surface area contributed by atoms with Crippen LogP contribution >= 0.6 is 0 Å². The van der Waals surface area contributed by atoms with E-state index in [1.165, 1.54) is 16.4 Å². The van der Waals surface area contributed by atoms with Gasteiger partial charge in [0.1, 0.15) is 6.04 Å². The number of hydrogen-bond acceptors (Lipinski definition) is 4. The fourth-order valence-corrected chi connectivity index (χ4v) is 5.21. The van der Waals surface area contributed by atoms with Crippen LogP contribution in [0.5, 0.6) is 0 Å². The van der Waals surface area contributed by atoms with Crippen molar-refractivity contribution in [3.05, 3.63) is 24.3 Å².